The number of benzene rings is 2. The van der Waals surface area contributed by atoms with Crippen LogP contribution in [0.2, 0.25) is 0 Å². The molecule has 2 aromatic rings. The average Bonchev–Trinajstić information content (AvgIpc) is 2.64. The molecule has 132 valence electrons. The average molecular weight is 344 g/mol. The lowest BCUT2D eigenvalue weighted by Crippen LogP contribution is -2.26. The van der Waals surface area contributed by atoms with Gasteiger partial charge in [-0.2, -0.15) is 0 Å². The van der Waals surface area contributed by atoms with Gasteiger partial charge in [0.1, 0.15) is 17.2 Å². The van der Waals surface area contributed by atoms with Crippen LogP contribution < -0.4 is 14.2 Å². The Balaban J connectivity index is 1.74. The number of hydrogen-bond acceptors (Lipinski definition) is 6. The van der Waals surface area contributed by atoms with Gasteiger partial charge >= 0.3 is 5.97 Å². The van der Waals surface area contributed by atoms with E-state index in [2.05, 4.69) is 0 Å². The number of carbonyl (C=O) groups excluding carboxylic acids is 1. The van der Waals surface area contributed by atoms with Crippen LogP contribution in [-0.4, -0.2) is 33.8 Å². The zero-order valence-corrected chi connectivity index (χ0v) is 14.2. The van der Waals surface area contributed by atoms with Gasteiger partial charge in [-0.25, -0.2) is 0 Å². The van der Waals surface area contributed by atoms with Crippen molar-refractivity contribution >= 4 is 5.97 Å². The smallest absolute Gasteiger partial charge is 0.319 e. The Morgan fingerprint density at radius 2 is 1.60 bits per heavy atom. The zero-order valence-electron chi connectivity index (χ0n) is 14.2. The molecule has 3 rings (SSSR count). The molecule has 1 aliphatic heterocycles. The van der Waals surface area contributed by atoms with Crippen molar-refractivity contribution in [1.82, 2.24) is 0 Å². The summed E-state index contributed by atoms with van der Waals surface area (Å²) in [4.78, 5) is 12.4. The molecule has 2 aromatic carbocycles. The Morgan fingerprint density at radius 1 is 0.960 bits per heavy atom. The highest BCUT2D eigenvalue weighted by Crippen LogP contribution is 2.36. The van der Waals surface area contributed by atoms with Crippen molar-refractivity contribution in [1.29, 1.82) is 0 Å². The van der Waals surface area contributed by atoms with E-state index in [1.54, 1.807) is 20.3 Å². The Labute approximate surface area is 146 Å². The summed E-state index contributed by atoms with van der Waals surface area (Å²) in [6.45, 7) is 0.332. The van der Waals surface area contributed by atoms with Crippen LogP contribution in [0.4, 0.5) is 0 Å². The summed E-state index contributed by atoms with van der Waals surface area (Å²) in [6.07, 6.45) is 0.580. The van der Waals surface area contributed by atoms with Crippen LogP contribution in [0, 0.1) is 0 Å². The topological polar surface area (TPSA) is 63.2 Å². The fourth-order valence-electron chi connectivity index (χ4n) is 2.68. The lowest BCUT2D eigenvalue weighted by molar-refractivity contribution is -0.137. The Bertz CT molecular complexity index is 725. The molecule has 25 heavy (non-hydrogen) atoms. The summed E-state index contributed by atoms with van der Waals surface area (Å²) in [7, 11) is 3.12. The second-order valence-corrected chi connectivity index (χ2v) is 5.62. The molecular weight excluding hydrogens is 324 g/mol. The van der Waals surface area contributed by atoms with Gasteiger partial charge < -0.3 is 23.7 Å². The van der Waals surface area contributed by atoms with E-state index in [1.165, 1.54) is 0 Å². The largest absolute Gasteiger partial charge is 0.468 e. The highest BCUT2D eigenvalue weighted by atomic mass is 16.7. The van der Waals surface area contributed by atoms with Crippen molar-refractivity contribution < 1.29 is 28.5 Å². The number of esters is 1. The molecule has 1 atom stereocenters. The van der Waals surface area contributed by atoms with Crippen molar-refractivity contribution in [3.8, 4) is 17.2 Å². The number of methoxy groups -OCH3 is 2. The number of rotatable bonds is 7. The summed E-state index contributed by atoms with van der Waals surface area (Å²) in [5, 5.41) is 0. The second-order valence-electron chi connectivity index (χ2n) is 5.62. The summed E-state index contributed by atoms with van der Waals surface area (Å²) < 4.78 is 26.0. The molecule has 0 N–H and O–H groups in total. The molecule has 1 aliphatic rings. The van der Waals surface area contributed by atoms with Gasteiger partial charge in [0, 0.05) is 20.3 Å². The van der Waals surface area contributed by atoms with E-state index in [4.69, 9.17) is 23.7 Å². The molecule has 1 heterocycles. The quantitative estimate of drug-likeness (QED) is 0.437. The van der Waals surface area contributed by atoms with Crippen molar-refractivity contribution in [3.05, 3.63) is 53.6 Å². The molecule has 0 spiro atoms. The maximum Gasteiger partial charge on any atom is 0.319 e. The lowest BCUT2D eigenvalue weighted by atomic mass is 9.89. The predicted octanol–water partition coefficient (Wildman–Crippen LogP) is 2.90. The maximum absolute atomic E-state index is 12.4. The van der Waals surface area contributed by atoms with Gasteiger partial charge in [0.05, 0.1) is 5.92 Å². The molecule has 0 aromatic heterocycles. The van der Waals surface area contributed by atoms with Crippen molar-refractivity contribution in [2.45, 2.75) is 12.3 Å². The van der Waals surface area contributed by atoms with Crippen molar-refractivity contribution in [2.75, 3.05) is 27.8 Å². The molecule has 0 saturated heterocycles. The van der Waals surface area contributed by atoms with Crippen LogP contribution in [0.15, 0.2) is 42.5 Å². The predicted molar refractivity (Wildman–Crippen MR) is 90.0 cm³/mol. The monoisotopic (exact) mass is 344 g/mol. The number of hydrogen-bond donors (Lipinski definition) is 0. The molecule has 1 unspecified atom stereocenters. The van der Waals surface area contributed by atoms with E-state index in [1.807, 2.05) is 36.4 Å². The molecule has 6 heteroatoms. The third-order valence-corrected chi connectivity index (χ3v) is 3.93. The van der Waals surface area contributed by atoms with E-state index in [-0.39, 0.29) is 25.5 Å². The second kappa shape index (κ2) is 8.00. The Hall–Kier alpha value is -2.57. The molecule has 0 amide bonds. The van der Waals surface area contributed by atoms with E-state index < -0.39 is 0 Å². The van der Waals surface area contributed by atoms with Gasteiger partial charge in [0.25, 0.3) is 0 Å². The molecule has 0 radical (unpaired) electrons. The normalized spacial score (nSPS) is 16.1. The molecular formula is C19H20O6. The van der Waals surface area contributed by atoms with Crippen LogP contribution in [0.3, 0.4) is 0 Å². The van der Waals surface area contributed by atoms with Crippen molar-refractivity contribution in [3.63, 3.8) is 0 Å². The van der Waals surface area contributed by atoms with Crippen LogP contribution in [0.5, 0.6) is 17.2 Å². The standard InChI is InChI=1S/C19H20O6/c1-21-11-23-15-6-3-13(4-7-15)17-9-14-5-8-16(24-12-22-2)10-18(14)25-19(17)20/h3-8,10,17H,9,11-12H2,1-2H3. The van der Waals surface area contributed by atoms with Gasteiger partial charge in [0.15, 0.2) is 13.6 Å². The first kappa shape index (κ1) is 17.3. The van der Waals surface area contributed by atoms with Crippen LogP contribution in [-0.2, 0) is 20.7 Å². The number of ether oxygens (including phenoxy) is 5. The fraction of sp³-hybridized carbons (Fsp3) is 0.316. The first-order valence-corrected chi connectivity index (χ1v) is 7.89. The number of carbonyl (C=O) groups is 1. The third-order valence-electron chi connectivity index (χ3n) is 3.93. The Kier molecular flexibility index (Phi) is 5.53. The SMILES string of the molecule is COCOc1ccc(C2Cc3ccc(OCOC)cc3OC2=O)cc1. The van der Waals surface area contributed by atoms with Gasteiger partial charge in [-0.05, 0) is 35.7 Å². The minimum Gasteiger partial charge on any atom is -0.468 e. The summed E-state index contributed by atoms with van der Waals surface area (Å²) >= 11 is 0. The van der Waals surface area contributed by atoms with Gasteiger partial charge in [0.2, 0.25) is 0 Å². The summed E-state index contributed by atoms with van der Waals surface area (Å²) in [5.74, 6) is 1.22. The van der Waals surface area contributed by atoms with Gasteiger partial charge in [-0.3, -0.25) is 4.79 Å². The van der Waals surface area contributed by atoms with Gasteiger partial charge in [-0.1, -0.05) is 18.2 Å². The van der Waals surface area contributed by atoms with E-state index >= 15 is 0 Å². The van der Waals surface area contributed by atoms with E-state index in [0.717, 1.165) is 11.1 Å². The van der Waals surface area contributed by atoms with E-state index in [0.29, 0.717) is 23.7 Å². The number of fused-ring (bicyclic) bond motifs is 1. The van der Waals surface area contributed by atoms with Crippen LogP contribution >= 0.6 is 0 Å². The van der Waals surface area contributed by atoms with Crippen molar-refractivity contribution in [2.24, 2.45) is 0 Å². The zero-order chi connectivity index (χ0) is 17.6. The maximum atomic E-state index is 12.4. The van der Waals surface area contributed by atoms with Crippen LogP contribution in [0.25, 0.3) is 0 Å². The summed E-state index contributed by atoms with van der Waals surface area (Å²) in [5.41, 5.74) is 1.86. The minimum atomic E-state index is -0.338. The molecule has 0 fully saturated rings. The third kappa shape index (κ3) is 4.10. The molecule has 0 aliphatic carbocycles. The first-order chi connectivity index (χ1) is 12.2. The molecule has 6 nitrogen and oxygen atoms in total. The van der Waals surface area contributed by atoms with Gasteiger partial charge in [-0.15, -0.1) is 0 Å². The van der Waals surface area contributed by atoms with Crippen LogP contribution in [0.1, 0.15) is 17.0 Å². The molecule has 0 bridgehead atoms. The minimum absolute atomic E-state index is 0.146. The Morgan fingerprint density at radius 3 is 2.28 bits per heavy atom. The fourth-order valence-corrected chi connectivity index (χ4v) is 2.68. The first-order valence-electron chi connectivity index (χ1n) is 7.89. The lowest BCUT2D eigenvalue weighted by Gasteiger charge is -2.24. The summed E-state index contributed by atoms with van der Waals surface area (Å²) in [6, 6.07) is 12.9. The van der Waals surface area contributed by atoms with E-state index in [9.17, 15) is 4.79 Å². The highest BCUT2D eigenvalue weighted by molar-refractivity contribution is 5.83. The molecule has 0 saturated carbocycles. The highest BCUT2D eigenvalue weighted by Gasteiger charge is 2.30.